The van der Waals surface area contributed by atoms with Crippen LogP contribution < -0.4 is 0 Å². The van der Waals surface area contributed by atoms with Crippen molar-refractivity contribution in [3.63, 3.8) is 0 Å². The van der Waals surface area contributed by atoms with Gasteiger partial charge in [-0.15, -0.1) is 11.3 Å². The molecule has 2 nitrogen and oxygen atoms in total. The summed E-state index contributed by atoms with van der Waals surface area (Å²) in [5, 5.41) is 0. The van der Waals surface area contributed by atoms with Gasteiger partial charge in [-0.1, -0.05) is 24.3 Å². The molecule has 3 heteroatoms. The second-order valence-corrected chi connectivity index (χ2v) is 7.92. The summed E-state index contributed by atoms with van der Waals surface area (Å²) in [5.74, 6) is 0.999. The highest BCUT2D eigenvalue weighted by molar-refractivity contribution is 7.12. The SMILES string of the molecule is Cc1ccc(C2CC2C(=O)N(C)C2CCc3ccccc32)s1. The third-order valence-electron chi connectivity index (χ3n) is 5.15. The van der Waals surface area contributed by atoms with E-state index in [1.54, 1.807) is 0 Å². The van der Waals surface area contributed by atoms with Crippen molar-refractivity contribution < 1.29 is 4.79 Å². The smallest absolute Gasteiger partial charge is 0.226 e. The summed E-state index contributed by atoms with van der Waals surface area (Å²) < 4.78 is 0. The van der Waals surface area contributed by atoms with Gasteiger partial charge in [0.25, 0.3) is 0 Å². The third kappa shape index (κ3) is 2.28. The number of fused-ring (bicyclic) bond motifs is 1. The van der Waals surface area contributed by atoms with E-state index in [0.29, 0.717) is 11.8 Å². The van der Waals surface area contributed by atoms with Gasteiger partial charge in [0.2, 0.25) is 5.91 Å². The number of rotatable bonds is 3. The van der Waals surface area contributed by atoms with E-state index in [1.807, 2.05) is 23.3 Å². The van der Waals surface area contributed by atoms with Crippen molar-refractivity contribution in [1.29, 1.82) is 0 Å². The molecule has 0 spiro atoms. The van der Waals surface area contributed by atoms with E-state index in [-0.39, 0.29) is 12.0 Å². The van der Waals surface area contributed by atoms with Crippen LogP contribution in [0.3, 0.4) is 0 Å². The molecule has 0 saturated heterocycles. The lowest BCUT2D eigenvalue weighted by Crippen LogP contribution is -2.31. The molecule has 0 aliphatic heterocycles. The van der Waals surface area contributed by atoms with E-state index >= 15 is 0 Å². The molecule has 0 radical (unpaired) electrons. The highest BCUT2D eigenvalue weighted by Crippen LogP contribution is 2.51. The van der Waals surface area contributed by atoms with Gasteiger partial charge in [0.1, 0.15) is 0 Å². The van der Waals surface area contributed by atoms with Crippen molar-refractivity contribution in [2.24, 2.45) is 5.92 Å². The van der Waals surface area contributed by atoms with Crippen molar-refractivity contribution in [2.45, 2.75) is 38.1 Å². The highest BCUT2D eigenvalue weighted by Gasteiger charge is 2.47. The Kier molecular flexibility index (Phi) is 3.33. The van der Waals surface area contributed by atoms with Gasteiger partial charge in [0, 0.05) is 28.6 Å². The summed E-state index contributed by atoms with van der Waals surface area (Å²) in [6, 6.07) is 13.2. The van der Waals surface area contributed by atoms with Gasteiger partial charge < -0.3 is 4.90 Å². The van der Waals surface area contributed by atoms with Crippen LogP contribution in [0.1, 0.15) is 45.7 Å². The molecule has 3 unspecified atom stereocenters. The van der Waals surface area contributed by atoms with Crippen LogP contribution in [-0.2, 0) is 11.2 Å². The van der Waals surface area contributed by atoms with E-state index in [4.69, 9.17) is 0 Å². The molecule has 0 bridgehead atoms. The fraction of sp³-hybridized carbons (Fsp3) is 0.421. The summed E-state index contributed by atoms with van der Waals surface area (Å²) in [6.45, 7) is 2.13. The summed E-state index contributed by atoms with van der Waals surface area (Å²) in [7, 11) is 1.99. The first-order valence-electron chi connectivity index (χ1n) is 8.06. The number of hydrogen-bond acceptors (Lipinski definition) is 2. The van der Waals surface area contributed by atoms with E-state index < -0.39 is 0 Å². The van der Waals surface area contributed by atoms with Crippen molar-refractivity contribution in [2.75, 3.05) is 7.05 Å². The molecular formula is C19H21NOS. The van der Waals surface area contributed by atoms with E-state index in [2.05, 4.69) is 43.3 Å². The van der Waals surface area contributed by atoms with Crippen LogP contribution in [0.5, 0.6) is 0 Å². The Labute approximate surface area is 135 Å². The van der Waals surface area contributed by atoms with E-state index in [1.165, 1.54) is 20.9 Å². The second kappa shape index (κ2) is 5.24. The fourth-order valence-electron chi connectivity index (χ4n) is 3.79. The number of carbonyl (C=O) groups is 1. The first-order valence-corrected chi connectivity index (χ1v) is 8.87. The minimum Gasteiger partial charge on any atom is -0.338 e. The van der Waals surface area contributed by atoms with Crippen LogP contribution in [0.15, 0.2) is 36.4 Å². The number of hydrogen-bond donors (Lipinski definition) is 0. The molecule has 1 aromatic carbocycles. The van der Waals surface area contributed by atoms with Gasteiger partial charge in [-0.25, -0.2) is 0 Å². The minimum atomic E-state index is 0.204. The molecule has 1 fully saturated rings. The average Bonchev–Trinajstić information content (AvgIpc) is 3.01. The molecule has 1 amide bonds. The van der Waals surface area contributed by atoms with Gasteiger partial charge >= 0.3 is 0 Å². The summed E-state index contributed by atoms with van der Waals surface area (Å²) in [4.78, 5) is 17.6. The predicted octanol–water partition coefficient (Wildman–Crippen LogP) is 4.31. The maximum absolute atomic E-state index is 12.8. The zero-order valence-corrected chi connectivity index (χ0v) is 13.9. The Morgan fingerprint density at radius 3 is 2.82 bits per heavy atom. The number of nitrogens with zero attached hydrogens (tertiary/aromatic N) is 1. The molecule has 4 rings (SSSR count). The number of thiophene rings is 1. The number of carbonyl (C=O) groups excluding carboxylic acids is 1. The normalized spacial score (nSPS) is 25.8. The third-order valence-corrected chi connectivity index (χ3v) is 6.28. The van der Waals surface area contributed by atoms with Gasteiger partial charge in [-0.3, -0.25) is 4.79 Å². The van der Waals surface area contributed by atoms with Gasteiger partial charge in [-0.05, 0) is 49.4 Å². The summed E-state index contributed by atoms with van der Waals surface area (Å²) >= 11 is 1.84. The monoisotopic (exact) mass is 311 g/mol. The molecule has 2 aliphatic rings. The van der Waals surface area contributed by atoms with Gasteiger partial charge in [-0.2, -0.15) is 0 Å². The first kappa shape index (κ1) is 14.0. The highest BCUT2D eigenvalue weighted by atomic mass is 32.1. The lowest BCUT2D eigenvalue weighted by Gasteiger charge is -2.25. The maximum atomic E-state index is 12.8. The molecule has 2 aromatic rings. The Balaban J connectivity index is 1.48. The molecule has 114 valence electrons. The zero-order chi connectivity index (χ0) is 15.3. The molecule has 22 heavy (non-hydrogen) atoms. The van der Waals surface area contributed by atoms with Crippen molar-refractivity contribution in [3.8, 4) is 0 Å². The Hall–Kier alpha value is -1.61. The van der Waals surface area contributed by atoms with Crippen molar-refractivity contribution >= 4 is 17.2 Å². The average molecular weight is 311 g/mol. The number of benzene rings is 1. The second-order valence-electron chi connectivity index (χ2n) is 6.60. The lowest BCUT2D eigenvalue weighted by molar-refractivity contribution is -0.133. The molecular weight excluding hydrogens is 290 g/mol. The van der Waals surface area contributed by atoms with E-state index in [0.717, 1.165) is 19.3 Å². The van der Waals surface area contributed by atoms with Crippen LogP contribution in [0.2, 0.25) is 0 Å². The summed E-state index contributed by atoms with van der Waals surface area (Å²) in [6.07, 6.45) is 3.19. The largest absolute Gasteiger partial charge is 0.338 e. The van der Waals surface area contributed by atoms with Crippen LogP contribution >= 0.6 is 11.3 Å². The van der Waals surface area contributed by atoms with Crippen molar-refractivity contribution in [3.05, 3.63) is 57.3 Å². The quantitative estimate of drug-likeness (QED) is 0.827. The molecule has 0 N–H and O–H groups in total. The summed E-state index contributed by atoms with van der Waals surface area (Å²) in [5.41, 5.74) is 2.76. The molecule has 1 aromatic heterocycles. The molecule has 1 heterocycles. The maximum Gasteiger partial charge on any atom is 0.226 e. The first-order chi connectivity index (χ1) is 10.6. The molecule has 1 saturated carbocycles. The van der Waals surface area contributed by atoms with Gasteiger partial charge in [0.15, 0.2) is 0 Å². The molecule has 2 aliphatic carbocycles. The van der Waals surface area contributed by atoms with Gasteiger partial charge in [0.05, 0.1) is 6.04 Å². The predicted molar refractivity (Wildman–Crippen MR) is 90.2 cm³/mol. The minimum absolute atomic E-state index is 0.204. The standard InChI is InChI=1S/C19H21NOS/c1-12-7-10-18(22-12)15-11-16(15)19(21)20(2)17-9-8-13-5-3-4-6-14(13)17/h3-7,10,15-17H,8-9,11H2,1-2H3. The topological polar surface area (TPSA) is 20.3 Å². The Morgan fingerprint density at radius 2 is 2.05 bits per heavy atom. The lowest BCUT2D eigenvalue weighted by atomic mass is 10.1. The van der Waals surface area contributed by atoms with E-state index in [9.17, 15) is 4.79 Å². The Morgan fingerprint density at radius 1 is 1.23 bits per heavy atom. The Bertz CT molecular complexity index is 720. The zero-order valence-electron chi connectivity index (χ0n) is 13.1. The molecule has 3 atom stereocenters. The van der Waals surface area contributed by atoms with Crippen LogP contribution in [0, 0.1) is 12.8 Å². The van der Waals surface area contributed by atoms with Crippen LogP contribution in [-0.4, -0.2) is 17.9 Å². The van der Waals surface area contributed by atoms with Crippen LogP contribution in [0.4, 0.5) is 0 Å². The fourth-order valence-corrected chi connectivity index (χ4v) is 4.84. The number of aryl methyl sites for hydroxylation is 2. The number of amides is 1. The van der Waals surface area contributed by atoms with Crippen LogP contribution in [0.25, 0.3) is 0 Å². The van der Waals surface area contributed by atoms with Crippen molar-refractivity contribution in [1.82, 2.24) is 4.90 Å².